The first-order chi connectivity index (χ1) is 11.1. The van der Waals surface area contributed by atoms with E-state index in [1.165, 1.54) is 18.5 Å². The molecule has 2 aromatic rings. The number of hydrogen-bond acceptors (Lipinski definition) is 5. The SMILES string of the molecule is CCN(C)CC1CCN(c2nnc(Cc3ccc(Cl)cc3)s2)C1. The third-order valence-corrected chi connectivity index (χ3v) is 5.63. The van der Waals surface area contributed by atoms with Gasteiger partial charge in [-0.1, -0.05) is 42.0 Å². The molecule has 6 heteroatoms. The average molecular weight is 351 g/mol. The second-order valence-electron chi connectivity index (χ2n) is 6.24. The molecule has 124 valence electrons. The van der Waals surface area contributed by atoms with Crippen molar-refractivity contribution in [3.05, 3.63) is 39.9 Å². The van der Waals surface area contributed by atoms with E-state index in [2.05, 4.69) is 46.1 Å². The van der Waals surface area contributed by atoms with Crippen molar-refractivity contribution >= 4 is 28.1 Å². The molecule has 1 aliphatic heterocycles. The van der Waals surface area contributed by atoms with Gasteiger partial charge in [0, 0.05) is 31.1 Å². The molecule has 4 nitrogen and oxygen atoms in total. The van der Waals surface area contributed by atoms with Crippen molar-refractivity contribution in [3.8, 4) is 0 Å². The van der Waals surface area contributed by atoms with Crippen LogP contribution >= 0.6 is 22.9 Å². The molecule has 1 atom stereocenters. The standard InChI is InChI=1S/C17H23ClN4S/c1-3-21(2)11-14-8-9-22(12-14)17-20-19-16(23-17)10-13-4-6-15(18)7-5-13/h4-7,14H,3,8-12H2,1-2H3. The van der Waals surface area contributed by atoms with Crippen LogP contribution in [-0.4, -0.2) is 48.3 Å². The lowest BCUT2D eigenvalue weighted by atomic mass is 10.1. The molecule has 1 aromatic carbocycles. The van der Waals surface area contributed by atoms with Crippen LogP contribution in [0.15, 0.2) is 24.3 Å². The monoisotopic (exact) mass is 350 g/mol. The molecule has 2 heterocycles. The summed E-state index contributed by atoms with van der Waals surface area (Å²) in [6, 6.07) is 7.95. The number of rotatable bonds is 6. The van der Waals surface area contributed by atoms with Crippen LogP contribution in [-0.2, 0) is 6.42 Å². The Bertz CT molecular complexity index is 628. The summed E-state index contributed by atoms with van der Waals surface area (Å²) < 4.78 is 0. The van der Waals surface area contributed by atoms with Gasteiger partial charge in [0.2, 0.25) is 5.13 Å². The van der Waals surface area contributed by atoms with Crippen LogP contribution in [0.1, 0.15) is 23.9 Å². The molecule has 0 radical (unpaired) electrons. The molecule has 3 rings (SSSR count). The topological polar surface area (TPSA) is 32.3 Å². The maximum atomic E-state index is 5.93. The highest BCUT2D eigenvalue weighted by molar-refractivity contribution is 7.15. The quantitative estimate of drug-likeness (QED) is 0.797. The molecule has 23 heavy (non-hydrogen) atoms. The molecule has 0 spiro atoms. The number of anilines is 1. The van der Waals surface area contributed by atoms with Gasteiger partial charge in [0.1, 0.15) is 5.01 Å². The minimum absolute atomic E-state index is 0.739. The summed E-state index contributed by atoms with van der Waals surface area (Å²) in [4.78, 5) is 4.78. The third-order valence-electron chi connectivity index (χ3n) is 4.39. The highest BCUT2D eigenvalue weighted by Gasteiger charge is 2.25. The van der Waals surface area contributed by atoms with Gasteiger partial charge in [0.25, 0.3) is 0 Å². The highest BCUT2D eigenvalue weighted by atomic mass is 35.5. The molecule has 0 bridgehead atoms. The molecule has 0 N–H and O–H groups in total. The predicted molar refractivity (Wildman–Crippen MR) is 97.7 cm³/mol. The van der Waals surface area contributed by atoms with Crippen LogP contribution in [0.4, 0.5) is 5.13 Å². The first-order valence-electron chi connectivity index (χ1n) is 8.14. The van der Waals surface area contributed by atoms with E-state index in [0.717, 1.165) is 47.1 Å². The molecule has 1 unspecified atom stereocenters. The van der Waals surface area contributed by atoms with E-state index < -0.39 is 0 Å². The van der Waals surface area contributed by atoms with Gasteiger partial charge in [-0.25, -0.2) is 0 Å². The van der Waals surface area contributed by atoms with Crippen LogP contribution in [0.3, 0.4) is 0 Å². The first kappa shape index (κ1) is 16.7. The number of hydrogen-bond donors (Lipinski definition) is 0. The maximum absolute atomic E-state index is 5.93. The van der Waals surface area contributed by atoms with Crippen molar-refractivity contribution in [2.45, 2.75) is 19.8 Å². The van der Waals surface area contributed by atoms with Crippen LogP contribution < -0.4 is 4.90 Å². The van der Waals surface area contributed by atoms with E-state index in [1.54, 1.807) is 11.3 Å². The van der Waals surface area contributed by atoms with Gasteiger partial charge in [-0.05, 0) is 43.6 Å². The Morgan fingerprint density at radius 1 is 1.30 bits per heavy atom. The third kappa shape index (κ3) is 4.43. The molecule has 1 saturated heterocycles. The first-order valence-corrected chi connectivity index (χ1v) is 9.33. The van der Waals surface area contributed by atoms with E-state index in [1.807, 2.05) is 12.1 Å². The van der Waals surface area contributed by atoms with Crippen LogP contribution in [0.25, 0.3) is 0 Å². The number of halogens is 1. The van der Waals surface area contributed by atoms with Crippen LogP contribution in [0, 0.1) is 5.92 Å². The second-order valence-corrected chi connectivity index (χ2v) is 7.71. The molecule has 0 saturated carbocycles. The van der Waals surface area contributed by atoms with E-state index in [-0.39, 0.29) is 0 Å². The zero-order valence-corrected chi connectivity index (χ0v) is 15.3. The molecule has 0 aliphatic carbocycles. The van der Waals surface area contributed by atoms with Crippen molar-refractivity contribution < 1.29 is 0 Å². The Hall–Kier alpha value is -1.17. The fraction of sp³-hybridized carbons (Fsp3) is 0.529. The largest absolute Gasteiger partial charge is 0.346 e. The van der Waals surface area contributed by atoms with Crippen LogP contribution in [0.2, 0.25) is 5.02 Å². The summed E-state index contributed by atoms with van der Waals surface area (Å²) in [5.41, 5.74) is 1.22. The van der Waals surface area contributed by atoms with Gasteiger partial charge < -0.3 is 9.80 Å². The van der Waals surface area contributed by atoms with Gasteiger partial charge in [-0.3, -0.25) is 0 Å². The van der Waals surface area contributed by atoms with Crippen molar-refractivity contribution in [1.82, 2.24) is 15.1 Å². The van der Waals surface area contributed by atoms with E-state index in [4.69, 9.17) is 11.6 Å². The summed E-state index contributed by atoms with van der Waals surface area (Å²) >= 11 is 7.64. The molecular formula is C17H23ClN4S. The predicted octanol–water partition coefficient (Wildman–Crippen LogP) is 3.56. The maximum Gasteiger partial charge on any atom is 0.208 e. The van der Waals surface area contributed by atoms with Gasteiger partial charge in [-0.15, -0.1) is 10.2 Å². The second kappa shape index (κ2) is 7.60. The fourth-order valence-corrected chi connectivity index (χ4v) is 3.98. The average Bonchev–Trinajstić information content (AvgIpc) is 3.19. The Morgan fingerprint density at radius 3 is 2.83 bits per heavy atom. The lowest BCUT2D eigenvalue weighted by Gasteiger charge is -2.19. The lowest BCUT2D eigenvalue weighted by molar-refractivity contribution is 0.300. The summed E-state index contributed by atoms with van der Waals surface area (Å²) in [5.74, 6) is 0.739. The fourth-order valence-electron chi connectivity index (χ4n) is 2.95. The number of nitrogens with zero attached hydrogens (tertiary/aromatic N) is 4. The van der Waals surface area contributed by atoms with E-state index in [9.17, 15) is 0 Å². The Kier molecular flexibility index (Phi) is 5.51. The van der Waals surface area contributed by atoms with Crippen molar-refractivity contribution in [2.24, 2.45) is 5.92 Å². The number of aromatic nitrogens is 2. The molecule has 0 amide bonds. The normalized spacial score (nSPS) is 18.1. The Balaban J connectivity index is 1.58. The summed E-state index contributed by atoms with van der Waals surface area (Å²) in [7, 11) is 2.19. The zero-order valence-electron chi connectivity index (χ0n) is 13.7. The lowest BCUT2D eigenvalue weighted by Crippen LogP contribution is -2.28. The Labute approximate surface area is 147 Å². The molecule has 1 aliphatic rings. The van der Waals surface area contributed by atoms with Gasteiger partial charge in [0.05, 0.1) is 0 Å². The smallest absolute Gasteiger partial charge is 0.208 e. The molecule has 1 aromatic heterocycles. The molecule has 1 fully saturated rings. The van der Waals surface area contributed by atoms with Gasteiger partial charge in [0.15, 0.2) is 0 Å². The van der Waals surface area contributed by atoms with E-state index >= 15 is 0 Å². The van der Waals surface area contributed by atoms with Gasteiger partial charge in [-0.2, -0.15) is 0 Å². The molecular weight excluding hydrogens is 328 g/mol. The Morgan fingerprint density at radius 2 is 2.09 bits per heavy atom. The minimum Gasteiger partial charge on any atom is -0.346 e. The highest BCUT2D eigenvalue weighted by Crippen LogP contribution is 2.28. The zero-order chi connectivity index (χ0) is 16.2. The van der Waals surface area contributed by atoms with E-state index in [0.29, 0.717) is 0 Å². The summed E-state index contributed by atoms with van der Waals surface area (Å²) in [6.45, 7) is 6.68. The van der Waals surface area contributed by atoms with Crippen LogP contribution in [0.5, 0.6) is 0 Å². The van der Waals surface area contributed by atoms with Gasteiger partial charge >= 0.3 is 0 Å². The summed E-state index contributed by atoms with van der Waals surface area (Å²) in [6.07, 6.45) is 2.07. The number of benzene rings is 1. The minimum atomic E-state index is 0.739. The summed E-state index contributed by atoms with van der Waals surface area (Å²) in [5, 5.41) is 11.7. The van der Waals surface area contributed by atoms with Crippen molar-refractivity contribution in [3.63, 3.8) is 0 Å². The van der Waals surface area contributed by atoms with Crippen molar-refractivity contribution in [1.29, 1.82) is 0 Å². The van der Waals surface area contributed by atoms with Crippen molar-refractivity contribution in [2.75, 3.05) is 38.1 Å².